The van der Waals surface area contributed by atoms with Crippen LogP contribution in [0.25, 0.3) is 10.8 Å². The van der Waals surface area contributed by atoms with Crippen molar-refractivity contribution < 1.29 is 9.53 Å². The molecule has 0 unspecified atom stereocenters. The van der Waals surface area contributed by atoms with Crippen LogP contribution in [0, 0.1) is 0 Å². The van der Waals surface area contributed by atoms with Gasteiger partial charge in [-0.05, 0) is 56.5 Å². The summed E-state index contributed by atoms with van der Waals surface area (Å²) in [4.78, 5) is 23.5. The largest absolute Gasteiger partial charge is 0.444 e. The lowest BCUT2D eigenvalue weighted by Crippen LogP contribution is -2.50. The van der Waals surface area contributed by atoms with Crippen LogP contribution in [0.15, 0.2) is 70.6 Å². The molecular weight excluding hydrogens is 394 g/mol. The lowest BCUT2D eigenvalue weighted by Gasteiger charge is -2.36. The van der Waals surface area contributed by atoms with Crippen LogP contribution in [0.3, 0.4) is 0 Å². The highest BCUT2D eigenvalue weighted by atomic mass is 32.2. The van der Waals surface area contributed by atoms with Crippen LogP contribution >= 0.6 is 11.8 Å². The van der Waals surface area contributed by atoms with Crippen molar-refractivity contribution in [2.24, 2.45) is 0 Å². The van der Waals surface area contributed by atoms with Gasteiger partial charge in [-0.3, -0.25) is 0 Å². The number of pyridine rings is 1. The van der Waals surface area contributed by atoms with Crippen molar-refractivity contribution in [2.45, 2.75) is 36.2 Å². The van der Waals surface area contributed by atoms with Crippen LogP contribution in [0.2, 0.25) is 0 Å². The van der Waals surface area contributed by atoms with E-state index in [2.05, 4.69) is 52.3 Å². The quantitative estimate of drug-likeness (QED) is 0.563. The second-order valence-corrected chi connectivity index (χ2v) is 9.53. The van der Waals surface area contributed by atoms with Crippen LogP contribution < -0.4 is 4.90 Å². The molecule has 30 heavy (non-hydrogen) atoms. The number of anilines is 1. The highest BCUT2D eigenvalue weighted by Crippen LogP contribution is 2.33. The average molecular weight is 422 g/mol. The fourth-order valence-electron chi connectivity index (χ4n) is 3.50. The van der Waals surface area contributed by atoms with Crippen molar-refractivity contribution in [1.29, 1.82) is 0 Å². The van der Waals surface area contributed by atoms with E-state index < -0.39 is 5.60 Å². The fraction of sp³-hybridized carbons (Fsp3) is 0.333. The average Bonchev–Trinajstić information content (AvgIpc) is 2.73. The van der Waals surface area contributed by atoms with Crippen LogP contribution in [-0.2, 0) is 4.74 Å². The number of amides is 1. The Morgan fingerprint density at radius 2 is 1.70 bits per heavy atom. The second kappa shape index (κ2) is 8.56. The Labute approximate surface area is 182 Å². The molecule has 0 N–H and O–H groups in total. The number of rotatable bonds is 3. The highest BCUT2D eigenvalue weighted by Gasteiger charge is 2.26. The molecule has 1 aliphatic rings. The Bertz CT molecular complexity index is 1030. The predicted molar refractivity (Wildman–Crippen MR) is 122 cm³/mol. The first kappa shape index (κ1) is 20.5. The molecular formula is C24H27N3O2S. The van der Waals surface area contributed by atoms with Crippen molar-refractivity contribution in [3.05, 3.63) is 60.8 Å². The molecule has 5 nitrogen and oxygen atoms in total. The van der Waals surface area contributed by atoms with Crippen LogP contribution in [0.4, 0.5) is 10.6 Å². The Morgan fingerprint density at radius 3 is 2.40 bits per heavy atom. The normalized spacial score (nSPS) is 14.8. The molecule has 1 saturated heterocycles. The zero-order valence-corrected chi connectivity index (χ0v) is 18.5. The van der Waals surface area contributed by atoms with Gasteiger partial charge in [-0.15, -0.1) is 0 Å². The number of nitrogens with zero attached hydrogens (tertiary/aromatic N) is 3. The first-order valence-corrected chi connectivity index (χ1v) is 11.1. The van der Waals surface area contributed by atoms with Crippen molar-refractivity contribution in [2.75, 3.05) is 31.1 Å². The van der Waals surface area contributed by atoms with Gasteiger partial charge in [0.05, 0.1) is 0 Å². The molecule has 1 aromatic heterocycles. The summed E-state index contributed by atoms with van der Waals surface area (Å²) < 4.78 is 5.51. The van der Waals surface area contributed by atoms with E-state index in [9.17, 15) is 4.79 Å². The standard InChI is InChI=1S/C24H27N3O2S/c1-24(2,3)29-23(28)27-15-13-26(14-16-27)22-21-17-20(10-9-18(21)11-12-25-22)30-19-7-5-4-6-8-19/h4-12,17H,13-16H2,1-3H3. The van der Waals surface area contributed by atoms with Gasteiger partial charge in [-0.1, -0.05) is 36.0 Å². The molecule has 1 fully saturated rings. The zero-order valence-electron chi connectivity index (χ0n) is 17.7. The third-order valence-electron chi connectivity index (χ3n) is 4.93. The van der Waals surface area contributed by atoms with Crippen LogP contribution in [0.1, 0.15) is 20.8 Å². The molecule has 0 atom stereocenters. The number of hydrogen-bond donors (Lipinski definition) is 0. The highest BCUT2D eigenvalue weighted by molar-refractivity contribution is 7.99. The minimum absolute atomic E-state index is 0.241. The first-order valence-electron chi connectivity index (χ1n) is 10.2. The summed E-state index contributed by atoms with van der Waals surface area (Å²) in [5.74, 6) is 0.979. The molecule has 1 amide bonds. The van der Waals surface area contributed by atoms with Gasteiger partial charge in [0, 0.05) is 47.6 Å². The molecule has 6 heteroatoms. The summed E-state index contributed by atoms with van der Waals surface area (Å²) in [6.07, 6.45) is 1.62. The van der Waals surface area contributed by atoms with Crippen molar-refractivity contribution in [3.63, 3.8) is 0 Å². The van der Waals surface area contributed by atoms with E-state index in [1.54, 1.807) is 16.7 Å². The van der Waals surface area contributed by atoms with Gasteiger partial charge in [0.2, 0.25) is 0 Å². The van der Waals surface area contributed by atoms with Crippen molar-refractivity contribution >= 4 is 34.4 Å². The van der Waals surface area contributed by atoms with E-state index in [0.717, 1.165) is 24.3 Å². The third kappa shape index (κ3) is 4.87. The van der Waals surface area contributed by atoms with Crippen LogP contribution in [-0.4, -0.2) is 47.8 Å². The number of carbonyl (C=O) groups excluding carboxylic acids is 1. The molecule has 4 rings (SSSR count). The maximum absolute atomic E-state index is 12.4. The lowest BCUT2D eigenvalue weighted by molar-refractivity contribution is 0.0240. The van der Waals surface area contributed by atoms with Gasteiger partial charge in [-0.2, -0.15) is 0 Å². The lowest BCUT2D eigenvalue weighted by atomic mass is 10.1. The molecule has 3 aromatic rings. The molecule has 0 radical (unpaired) electrons. The van der Waals surface area contributed by atoms with E-state index >= 15 is 0 Å². The van der Waals surface area contributed by atoms with E-state index in [1.807, 2.05) is 39.1 Å². The van der Waals surface area contributed by atoms with Gasteiger partial charge in [0.15, 0.2) is 0 Å². The van der Waals surface area contributed by atoms with Gasteiger partial charge in [-0.25, -0.2) is 9.78 Å². The molecule has 0 saturated carbocycles. The Hall–Kier alpha value is -2.73. The maximum atomic E-state index is 12.4. The minimum Gasteiger partial charge on any atom is -0.444 e. The van der Waals surface area contributed by atoms with E-state index in [0.29, 0.717) is 13.1 Å². The molecule has 2 aromatic carbocycles. The summed E-state index contributed by atoms with van der Waals surface area (Å²) >= 11 is 1.75. The van der Waals surface area contributed by atoms with Crippen molar-refractivity contribution in [3.8, 4) is 0 Å². The summed E-state index contributed by atoms with van der Waals surface area (Å²) in [6.45, 7) is 8.42. The summed E-state index contributed by atoms with van der Waals surface area (Å²) in [6, 6.07) is 19.0. The number of benzene rings is 2. The minimum atomic E-state index is -0.474. The number of piperazine rings is 1. The van der Waals surface area contributed by atoms with E-state index in [1.165, 1.54) is 15.2 Å². The molecule has 0 bridgehead atoms. The Balaban J connectivity index is 1.51. The predicted octanol–water partition coefficient (Wildman–Crippen LogP) is 5.44. The third-order valence-corrected chi connectivity index (χ3v) is 5.92. The first-order chi connectivity index (χ1) is 14.4. The maximum Gasteiger partial charge on any atom is 0.410 e. The summed E-state index contributed by atoms with van der Waals surface area (Å²) in [7, 11) is 0. The zero-order chi connectivity index (χ0) is 21.1. The summed E-state index contributed by atoms with van der Waals surface area (Å²) in [5.41, 5.74) is -0.474. The fourth-order valence-corrected chi connectivity index (χ4v) is 4.38. The molecule has 156 valence electrons. The van der Waals surface area contributed by atoms with E-state index in [-0.39, 0.29) is 6.09 Å². The second-order valence-electron chi connectivity index (χ2n) is 8.39. The van der Waals surface area contributed by atoms with Gasteiger partial charge in [0.25, 0.3) is 0 Å². The number of carbonyl (C=O) groups is 1. The smallest absolute Gasteiger partial charge is 0.410 e. The molecule has 0 aliphatic carbocycles. The van der Waals surface area contributed by atoms with Gasteiger partial charge in [0.1, 0.15) is 11.4 Å². The number of hydrogen-bond acceptors (Lipinski definition) is 5. The topological polar surface area (TPSA) is 45.7 Å². The number of fused-ring (bicyclic) bond motifs is 1. The number of aromatic nitrogens is 1. The molecule has 1 aliphatic heterocycles. The molecule has 2 heterocycles. The summed E-state index contributed by atoms with van der Waals surface area (Å²) in [5, 5.41) is 2.32. The SMILES string of the molecule is CC(C)(C)OC(=O)N1CCN(c2nccc3ccc(Sc4ccccc4)cc23)CC1. The van der Waals surface area contributed by atoms with Gasteiger partial charge < -0.3 is 14.5 Å². The Kier molecular flexibility index (Phi) is 5.86. The molecule has 0 spiro atoms. The Morgan fingerprint density at radius 1 is 0.967 bits per heavy atom. The van der Waals surface area contributed by atoms with Gasteiger partial charge >= 0.3 is 6.09 Å². The number of ether oxygens (including phenoxy) is 1. The van der Waals surface area contributed by atoms with E-state index in [4.69, 9.17) is 4.74 Å². The monoisotopic (exact) mass is 421 g/mol. The van der Waals surface area contributed by atoms with Crippen molar-refractivity contribution in [1.82, 2.24) is 9.88 Å². The van der Waals surface area contributed by atoms with Crippen LogP contribution in [0.5, 0.6) is 0 Å².